The number of aryl methyl sites for hydroxylation is 1. The smallest absolute Gasteiger partial charge is 0.263 e. The van der Waals surface area contributed by atoms with E-state index >= 15 is 0 Å². The molecule has 3 unspecified atom stereocenters. The van der Waals surface area contributed by atoms with Crippen LogP contribution in [0, 0.1) is 13.8 Å². The summed E-state index contributed by atoms with van der Waals surface area (Å²) in [5.74, 6) is 0.885. The van der Waals surface area contributed by atoms with Crippen molar-refractivity contribution in [2.45, 2.75) is 129 Å². The molecule has 7 rings (SSSR count). The van der Waals surface area contributed by atoms with E-state index in [4.69, 9.17) is 9.98 Å². The Labute approximate surface area is 363 Å². The average molecular weight is 851 g/mol. The molecular weight excluding hydrogens is 789 g/mol. The van der Waals surface area contributed by atoms with Gasteiger partial charge in [-0.05, 0) is 89.6 Å². The summed E-state index contributed by atoms with van der Waals surface area (Å²) in [7, 11) is 0. The van der Waals surface area contributed by atoms with Crippen molar-refractivity contribution < 1.29 is 14.4 Å². The molecule has 3 aromatic rings. The number of thioether (sulfide) groups is 1. The van der Waals surface area contributed by atoms with Gasteiger partial charge < -0.3 is 20.9 Å². The molecule has 2 aromatic heterocycles. The number of hydrogen-bond acceptors (Lipinski definition) is 12. The monoisotopic (exact) mass is 850 g/mol. The lowest BCUT2D eigenvalue weighted by Gasteiger charge is -2.44. The molecule has 2 amide bonds. The second-order valence-electron chi connectivity index (χ2n) is 17.4. The first-order chi connectivity index (χ1) is 29.3. The number of carbonyl (C=O) groups excluding carboxylic acids is 3. The molecule has 0 spiro atoms. The Hall–Kier alpha value is -4.89. The van der Waals surface area contributed by atoms with E-state index in [0.29, 0.717) is 70.4 Å². The number of Topliss-reactive ketones (excluding diaryl/α,β-unsaturated/α-hetero) is 1. The molecule has 5 heterocycles. The summed E-state index contributed by atoms with van der Waals surface area (Å²) in [6.07, 6.45) is 15.4. The minimum absolute atomic E-state index is 0.0130. The van der Waals surface area contributed by atoms with Crippen molar-refractivity contribution in [3.8, 4) is 0 Å². The van der Waals surface area contributed by atoms with Gasteiger partial charge in [0.05, 0.1) is 23.7 Å². The molecule has 3 atom stereocenters. The van der Waals surface area contributed by atoms with Crippen LogP contribution in [0.25, 0.3) is 11.0 Å². The fourth-order valence-corrected chi connectivity index (χ4v) is 9.98. The zero-order valence-corrected chi connectivity index (χ0v) is 37.5. The van der Waals surface area contributed by atoms with Gasteiger partial charge in [-0.25, -0.2) is 4.98 Å². The summed E-state index contributed by atoms with van der Waals surface area (Å²) in [4.78, 5) is 75.4. The Balaban J connectivity index is 0.811. The number of nitrogens with one attached hydrogen (secondary N) is 3. The average Bonchev–Trinajstić information content (AvgIpc) is 3.88. The van der Waals surface area contributed by atoms with Gasteiger partial charge in [-0.15, -0.1) is 0 Å². The van der Waals surface area contributed by atoms with E-state index in [0.717, 1.165) is 88.7 Å². The van der Waals surface area contributed by atoms with Crippen LogP contribution in [0.5, 0.6) is 0 Å². The van der Waals surface area contributed by atoms with Crippen LogP contribution in [-0.4, -0.2) is 109 Å². The molecule has 3 aliphatic heterocycles. The number of unbranched alkanes of at least 4 members (excludes halogenated alkanes) is 4. The number of aliphatic imine (C=N–C) groups is 2. The van der Waals surface area contributed by atoms with E-state index in [2.05, 4.69) is 57.7 Å². The Morgan fingerprint density at radius 2 is 1.70 bits per heavy atom. The fraction of sp³-hybridized carbons (Fsp3) is 0.565. The predicted molar refractivity (Wildman–Crippen MR) is 246 cm³/mol. The van der Waals surface area contributed by atoms with Crippen molar-refractivity contribution in [2.75, 3.05) is 49.9 Å². The van der Waals surface area contributed by atoms with Crippen LogP contribution in [0.3, 0.4) is 0 Å². The molecule has 15 heteroatoms. The number of dihydropyridines is 1. The third-order valence-electron chi connectivity index (χ3n) is 13.0. The molecule has 61 heavy (non-hydrogen) atoms. The molecule has 4 aliphatic rings. The number of piperazine rings is 1. The molecule has 1 saturated carbocycles. The maximum Gasteiger partial charge on any atom is 0.263 e. The highest BCUT2D eigenvalue weighted by molar-refractivity contribution is 8.14. The molecule has 1 aliphatic carbocycles. The molecule has 2 fully saturated rings. The van der Waals surface area contributed by atoms with Crippen LogP contribution < -0.4 is 21.5 Å². The Bertz CT molecular complexity index is 2290. The predicted octanol–water partition coefficient (Wildman–Crippen LogP) is 7.07. The highest BCUT2D eigenvalue weighted by atomic mass is 32.2. The SMILES string of the molecule is CC(=O)c1c(C)c2cnc(NC3=NCC(C)(N4CCN(C(=O)CCCCCCCNc5cccc(C(=O)NC6=NC(C)C(C)S6)c5C)CC4)C=C3)nc2n(C2CCCC2)c1=O. The number of aromatic nitrogens is 3. The third kappa shape index (κ3) is 10.1. The van der Waals surface area contributed by atoms with Crippen molar-refractivity contribution >= 4 is 63.0 Å². The maximum atomic E-state index is 13.6. The number of amidine groups is 2. The zero-order chi connectivity index (χ0) is 43.3. The van der Waals surface area contributed by atoms with Crippen LogP contribution in [-0.2, 0) is 4.79 Å². The van der Waals surface area contributed by atoms with Crippen molar-refractivity contribution in [1.29, 1.82) is 0 Å². The zero-order valence-electron chi connectivity index (χ0n) is 36.7. The van der Waals surface area contributed by atoms with E-state index < -0.39 is 0 Å². The van der Waals surface area contributed by atoms with E-state index in [1.807, 2.05) is 36.1 Å². The van der Waals surface area contributed by atoms with E-state index in [-0.39, 0.29) is 46.3 Å². The van der Waals surface area contributed by atoms with Gasteiger partial charge in [0, 0.05) is 73.3 Å². The number of rotatable bonds is 14. The topological polar surface area (TPSA) is 166 Å². The molecule has 326 valence electrons. The lowest BCUT2D eigenvalue weighted by atomic mass is 9.96. The standard InChI is InChI=1S/C46H62N10O4S/c1-29-35(42(59)53-45-50-31(3)33(5)61-45)17-14-18-37(29)47-22-13-9-7-8-10-19-39(58)54-23-25-55(26-24-54)46(6)21-20-38(49-28-46)51-44-48-27-36-30(2)40(32(4)57)43(60)56(41(36)52-44)34-15-11-12-16-34/h14,17-18,20-21,27,31,33-34,47H,7-13,15-16,19,22-26,28H2,1-6H3,(H,50,53,59)(H,48,49,51,52). The minimum Gasteiger partial charge on any atom is -0.385 e. The number of carbonyl (C=O) groups is 3. The van der Waals surface area contributed by atoms with Crippen molar-refractivity contribution in [2.24, 2.45) is 9.98 Å². The molecule has 0 bridgehead atoms. The largest absolute Gasteiger partial charge is 0.385 e. The summed E-state index contributed by atoms with van der Waals surface area (Å²) in [5, 5.41) is 11.5. The molecule has 0 radical (unpaired) electrons. The summed E-state index contributed by atoms with van der Waals surface area (Å²) in [6, 6.07) is 6.01. The van der Waals surface area contributed by atoms with Crippen LogP contribution in [0.2, 0.25) is 0 Å². The number of pyridine rings is 1. The quantitative estimate of drug-likeness (QED) is 0.113. The van der Waals surface area contributed by atoms with Crippen molar-refractivity contribution in [3.63, 3.8) is 0 Å². The van der Waals surface area contributed by atoms with Gasteiger partial charge in [0.2, 0.25) is 11.9 Å². The van der Waals surface area contributed by atoms with Crippen LogP contribution in [0.1, 0.15) is 130 Å². The fourth-order valence-electron chi connectivity index (χ4n) is 8.99. The number of nitrogens with zero attached hydrogens (tertiary/aromatic N) is 7. The Kier molecular flexibility index (Phi) is 14.1. The first-order valence-corrected chi connectivity index (χ1v) is 23.1. The van der Waals surface area contributed by atoms with Gasteiger partial charge in [0.25, 0.3) is 11.5 Å². The van der Waals surface area contributed by atoms with Gasteiger partial charge in [0.1, 0.15) is 11.5 Å². The van der Waals surface area contributed by atoms with E-state index in [1.165, 1.54) is 6.92 Å². The molecule has 3 N–H and O–H groups in total. The number of fused-ring (bicyclic) bond motifs is 1. The minimum atomic E-state index is -0.277. The van der Waals surface area contributed by atoms with Crippen molar-refractivity contribution in [1.82, 2.24) is 29.7 Å². The summed E-state index contributed by atoms with van der Waals surface area (Å²) in [5.41, 5.74) is 3.42. The summed E-state index contributed by atoms with van der Waals surface area (Å²) in [6.45, 7) is 15.9. The molecule has 1 saturated heterocycles. The van der Waals surface area contributed by atoms with Crippen LogP contribution in [0.15, 0.2) is 51.3 Å². The lowest BCUT2D eigenvalue weighted by Crippen LogP contribution is -2.58. The maximum absolute atomic E-state index is 13.6. The summed E-state index contributed by atoms with van der Waals surface area (Å²) >= 11 is 1.61. The highest BCUT2D eigenvalue weighted by Gasteiger charge is 2.35. The highest BCUT2D eigenvalue weighted by Crippen LogP contribution is 2.32. The van der Waals surface area contributed by atoms with Crippen molar-refractivity contribution in [3.05, 3.63) is 69.2 Å². The molecular formula is C46H62N10O4S. The first-order valence-electron chi connectivity index (χ1n) is 22.2. The number of ketones is 1. The Morgan fingerprint density at radius 1 is 0.967 bits per heavy atom. The number of benzene rings is 1. The number of anilines is 2. The molecule has 1 aromatic carbocycles. The second kappa shape index (κ2) is 19.4. The van der Waals surface area contributed by atoms with E-state index in [1.54, 1.807) is 29.4 Å². The Morgan fingerprint density at radius 3 is 2.39 bits per heavy atom. The van der Waals surface area contributed by atoms with E-state index in [9.17, 15) is 19.2 Å². The first kappa shape index (κ1) is 44.2. The van der Waals surface area contributed by atoms with Crippen LogP contribution >= 0.6 is 11.8 Å². The van der Waals surface area contributed by atoms with Gasteiger partial charge in [-0.3, -0.25) is 38.6 Å². The summed E-state index contributed by atoms with van der Waals surface area (Å²) < 4.78 is 1.72. The lowest BCUT2D eigenvalue weighted by molar-refractivity contribution is -0.133. The van der Waals surface area contributed by atoms with Gasteiger partial charge in [-0.1, -0.05) is 62.9 Å². The number of amides is 2. The molecule has 14 nitrogen and oxygen atoms in total. The third-order valence-corrected chi connectivity index (χ3v) is 14.2. The normalized spacial score (nSPS) is 22.0. The van der Waals surface area contributed by atoms with Crippen LogP contribution in [0.4, 0.5) is 11.6 Å². The second-order valence-corrected chi connectivity index (χ2v) is 18.7. The van der Waals surface area contributed by atoms with Gasteiger partial charge in [-0.2, -0.15) is 4.98 Å². The van der Waals surface area contributed by atoms with Gasteiger partial charge >= 0.3 is 0 Å². The van der Waals surface area contributed by atoms with Gasteiger partial charge in [0.15, 0.2) is 11.0 Å². The number of hydrogen-bond donors (Lipinski definition) is 3.